The number of thiazole rings is 1. The third-order valence-corrected chi connectivity index (χ3v) is 13.3. The molecule has 316 valence electrons. The first-order valence-corrected chi connectivity index (χ1v) is 21.9. The summed E-state index contributed by atoms with van der Waals surface area (Å²) >= 11 is 1.45. The number of aliphatic hydroxyl groups excluding tert-OH is 1. The van der Waals surface area contributed by atoms with Gasteiger partial charge in [-0.1, -0.05) is 13.8 Å². The summed E-state index contributed by atoms with van der Waals surface area (Å²) in [5.74, 6) is -0.439. The lowest BCUT2D eigenvalue weighted by molar-refractivity contribution is -0.657. The van der Waals surface area contributed by atoms with Gasteiger partial charge in [0, 0.05) is 75.1 Å². The van der Waals surface area contributed by atoms with Crippen LogP contribution in [0.5, 0.6) is 0 Å². The van der Waals surface area contributed by atoms with Gasteiger partial charge in [0.1, 0.15) is 18.7 Å². The van der Waals surface area contributed by atoms with Crippen molar-refractivity contribution < 1.29 is 33.5 Å². The summed E-state index contributed by atoms with van der Waals surface area (Å²) in [7, 11) is 3.87. The van der Waals surface area contributed by atoms with E-state index in [1.165, 1.54) is 16.3 Å². The van der Waals surface area contributed by atoms with E-state index in [2.05, 4.69) is 81.8 Å². The number of amides is 2. The van der Waals surface area contributed by atoms with Crippen LogP contribution in [-0.2, 0) is 43.4 Å². The number of rotatable bonds is 8. The minimum atomic E-state index is -0.911. The van der Waals surface area contributed by atoms with Crippen molar-refractivity contribution in [1.82, 2.24) is 35.2 Å². The van der Waals surface area contributed by atoms with Gasteiger partial charge in [0.15, 0.2) is 11.0 Å². The molecule has 59 heavy (non-hydrogen) atoms. The summed E-state index contributed by atoms with van der Waals surface area (Å²) in [6.45, 7) is 13.8. The standard InChI is InChI=1S/C43H57N9O6S/c1-7-50-35-11-10-27-18-36(35)51(40(50)31-19-29(21-44-38(31)26(2)57-6)49-15-13-48(5)14-16-49)24-43(3,4)25-58-42(56)32-9-8-12-52(47-32)41(55)33(20-37-45-34(27)23-59-37)46-39(54)30-17-28(30)22-53/h10-11,18-19,21,23,26,28,30,32-33,47,53H,7-9,12-17,20,22,24-25H2,1-6H3/p+1/t26-,28-,30+,32-,33-/m0/s1. The van der Waals surface area contributed by atoms with E-state index < -0.39 is 23.5 Å². The largest absolute Gasteiger partial charge is 0.464 e. The predicted molar refractivity (Wildman–Crippen MR) is 224 cm³/mol. The first-order valence-electron chi connectivity index (χ1n) is 21.0. The number of benzene rings is 1. The second-order valence-electron chi connectivity index (χ2n) is 17.4. The monoisotopic (exact) mass is 828 g/mol. The van der Waals surface area contributed by atoms with E-state index >= 15 is 0 Å². The third kappa shape index (κ3) is 8.47. The van der Waals surface area contributed by atoms with Crippen molar-refractivity contribution in [2.24, 2.45) is 17.3 Å². The third-order valence-electron chi connectivity index (χ3n) is 12.4. The van der Waals surface area contributed by atoms with Crippen LogP contribution >= 0.6 is 11.3 Å². The molecule has 16 heteroatoms. The first kappa shape index (κ1) is 41.3. The number of anilines is 1. The fraction of sp³-hybridized carbons (Fsp3) is 0.581. The lowest BCUT2D eigenvalue weighted by atomic mass is 9.94. The molecule has 2 amide bonds. The normalized spacial score (nSPS) is 24.5. The molecule has 8 rings (SSSR count). The fourth-order valence-electron chi connectivity index (χ4n) is 8.69. The summed E-state index contributed by atoms with van der Waals surface area (Å²) in [6, 6.07) is 7.06. The highest BCUT2D eigenvalue weighted by Gasteiger charge is 2.44. The number of cyclic esters (lactones) is 1. The van der Waals surface area contributed by atoms with Gasteiger partial charge < -0.3 is 29.7 Å². The van der Waals surface area contributed by atoms with Crippen molar-refractivity contribution >= 4 is 45.8 Å². The Morgan fingerprint density at radius 2 is 1.98 bits per heavy atom. The molecule has 15 nitrogen and oxygen atoms in total. The van der Waals surface area contributed by atoms with Gasteiger partial charge in [0.05, 0.1) is 53.0 Å². The number of nitrogens with zero attached hydrogens (tertiary/aromatic N) is 7. The maximum absolute atomic E-state index is 14.1. The number of aryl methyl sites for hydroxylation is 1. The van der Waals surface area contributed by atoms with Gasteiger partial charge in [-0.05, 0) is 70.3 Å². The molecule has 6 bridgehead atoms. The molecule has 3 N–H and O–H groups in total. The Bertz CT molecular complexity index is 2210. The van der Waals surface area contributed by atoms with Crippen molar-refractivity contribution in [3.8, 4) is 22.6 Å². The zero-order valence-corrected chi connectivity index (χ0v) is 35.9. The van der Waals surface area contributed by atoms with Crippen LogP contribution in [0.15, 0.2) is 35.8 Å². The highest BCUT2D eigenvalue weighted by atomic mass is 32.1. The topological polar surface area (TPSA) is 158 Å². The van der Waals surface area contributed by atoms with E-state index in [-0.39, 0.29) is 49.4 Å². The van der Waals surface area contributed by atoms with Gasteiger partial charge in [0.25, 0.3) is 11.7 Å². The molecule has 3 aromatic heterocycles. The molecule has 0 unspecified atom stereocenters. The van der Waals surface area contributed by atoms with E-state index in [9.17, 15) is 19.5 Å². The summed E-state index contributed by atoms with van der Waals surface area (Å²) in [4.78, 5) is 56.1. The second kappa shape index (κ2) is 16.9. The second-order valence-corrected chi connectivity index (χ2v) is 18.4. The molecule has 4 aliphatic rings. The van der Waals surface area contributed by atoms with Crippen LogP contribution < -0.4 is 20.2 Å². The van der Waals surface area contributed by atoms with Gasteiger partial charge in [-0.15, -0.1) is 11.3 Å². The van der Waals surface area contributed by atoms with E-state index in [0.717, 1.165) is 71.2 Å². The number of carbonyl (C=O) groups is 3. The summed E-state index contributed by atoms with van der Waals surface area (Å²) in [5.41, 5.74) is 9.26. The van der Waals surface area contributed by atoms with Gasteiger partial charge in [-0.25, -0.2) is 19.5 Å². The number of piperazine rings is 1. The lowest BCUT2D eigenvalue weighted by Crippen LogP contribution is -2.60. The number of hydrogen-bond donors (Lipinski definition) is 3. The van der Waals surface area contributed by atoms with Crippen molar-refractivity contribution in [2.45, 2.75) is 84.7 Å². The van der Waals surface area contributed by atoms with E-state index in [4.69, 9.17) is 19.4 Å². The highest BCUT2D eigenvalue weighted by molar-refractivity contribution is 7.10. The average molecular weight is 829 g/mol. The maximum atomic E-state index is 14.1. The molecule has 1 aliphatic carbocycles. The highest BCUT2D eigenvalue weighted by Crippen LogP contribution is 2.39. The van der Waals surface area contributed by atoms with Gasteiger partial charge in [-0.2, -0.15) is 0 Å². The van der Waals surface area contributed by atoms with Gasteiger partial charge in [0.2, 0.25) is 5.91 Å². The number of carbonyl (C=O) groups excluding carboxylic acids is 3. The van der Waals surface area contributed by atoms with Gasteiger partial charge >= 0.3 is 5.97 Å². The molecule has 1 saturated carbocycles. The zero-order valence-electron chi connectivity index (χ0n) is 35.1. The number of ether oxygens (including phenoxy) is 2. The number of pyridine rings is 1. The van der Waals surface area contributed by atoms with E-state index in [1.54, 1.807) is 7.11 Å². The number of aliphatic hydroxyl groups is 1. The molecule has 0 spiro atoms. The Labute approximate surface area is 349 Å². The molecular formula is C43H58N9O6S+. The van der Waals surface area contributed by atoms with Crippen LogP contribution in [0, 0.1) is 17.3 Å². The molecule has 1 aromatic carbocycles. The van der Waals surface area contributed by atoms with Crippen LogP contribution in [-0.4, -0.2) is 120 Å². The number of methoxy groups -OCH3 is 1. The Morgan fingerprint density at radius 1 is 1.19 bits per heavy atom. The molecule has 3 fully saturated rings. The average Bonchev–Trinajstić information content (AvgIpc) is 3.80. The number of hydrogen-bond acceptors (Lipinski definition) is 12. The Hall–Kier alpha value is -4.48. The number of fused-ring (bicyclic) bond motifs is 6. The Kier molecular flexibility index (Phi) is 11.8. The fourth-order valence-corrected chi connectivity index (χ4v) is 9.54. The van der Waals surface area contributed by atoms with Crippen molar-refractivity contribution in [2.75, 3.05) is 65.0 Å². The van der Waals surface area contributed by atoms with Crippen LogP contribution in [0.1, 0.15) is 63.8 Å². The molecule has 0 radical (unpaired) electrons. The summed E-state index contributed by atoms with van der Waals surface area (Å²) < 4.78 is 16.7. The minimum absolute atomic E-state index is 0.0678. The lowest BCUT2D eigenvalue weighted by Gasteiger charge is -2.35. The molecule has 5 atom stereocenters. The van der Waals surface area contributed by atoms with Crippen LogP contribution in [0.4, 0.5) is 5.69 Å². The molecule has 6 heterocycles. The molecule has 2 saturated heterocycles. The van der Waals surface area contributed by atoms with E-state index in [0.29, 0.717) is 43.9 Å². The minimum Gasteiger partial charge on any atom is -0.464 e. The van der Waals surface area contributed by atoms with Crippen LogP contribution in [0.3, 0.4) is 0 Å². The number of esters is 1. The van der Waals surface area contributed by atoms with Crippen LogP contribution in [0.2, 0.25) is 0 Å². The number of hydrazine groups is 1. The Morgan fingerprint density at radius 3 is 2.71 bits per heavy atom. The quantitative estimate of drug-likeness (QED) is 0.177. The van der Waals surface area contributed by atoms with E-state index in [1.807, 2.05) is 18.5 Å². The smallest absolute Gasteiger partial charge is 0.324 e. The van der Waals surface area contributed by atoms with Crippen LogP contribution in [0.25, 0.3) is 33.7 Å². The van der Waals surface area contributed by atoms with Gasteiger partial charge in [-0.3, -0.25) is 24.4 Å². The maximum Gasteiger partial charge on any atom is 0.324 e. The predicted octanol–water partition coefficient (Wildman–Crippen LogP) is 3.33. The van der Waals surface area contributed by atoms with Crippen molar-refractivity contribution in [3.63, 3.8) is 0 Å². The number of nitrogens with one attached hydrogen (secondary N) is 2. The van der Waals surface area contributed by atoms with Crippen molar-refractivity contribution in [1.29, 1.82) is 0 Å². The summed E-state index contributed by atoms with van der Waals surface area (Å²) in [6.07, 6.45) is 3.58. The SMILES string of the molecule is CC[n+]1c(-c2cc(N3CCN(C)CC3)cnc2[C@H](C)OC)n2c3cc(ccc31)-c1csc(n1)C[C@H](NC(=O)[C@@H]1C[C@H]1CO)C(=O)N1CCC[C@H](N1)C(=O)OCC(C)(C)C2. The number of aromatic nitrogens is 4. The summed E-state index contributed by atoms with van der Waals surface area (Å²) in [5, 5.41) is 16.8. The number of imidazole rings is 1. The molecule has 3 aliphatic heterocycles. The molecule has 4 aromatic rings. The zero-order chi connectivity index (χ0) is 41.6. The van der Waals surface area contributed by atoms with Crippen molar-refractivity contribution in [3.05, 3.63) is 46.5 Å². The Balaban J connectivity index is 1.25. The number of likely N-dealkylation sites (N-methyl/N-ethyl adjacent to an activating group) is 1. The molecular weight excluding hydrogens is 771 g/mol. The first-order chi connectivity index (χ1) is 28.4.